The van der Waals surface area contributed by atoms with E-state index >= 15 is 0 Å². The van der Waals surface area contributed by atoms with E-state index in [1.165, 1.54) is 12.8 Å². The van der Waals surface area contributed by atoms with Crippen molar-refractivity contribution in [2.24, 2.45) is 11.8 Å². The van der Waals surface area contributed by atoms with Crippen LogP contribution in [0.15, 0.2) is 22.7 Å². The summed E-state index contributed by atoms with van der Waals surface area (Å²) >= 11 is 9.70. The minimum Gasteiger partial charge on any atom is -0.385 e. The van der Waals surface area contributed by atoms with Gasteiger partial charge in [-0.3, -0.25) is 0 Å². The first-order valence-electron chi connectivity index (χ1n) is 5.82. The molecule has 16 heavy (non-hydrogen) atoms. The lowest BCUT2D eigenvalue weighted by Gasteiger charge is -2.14. The van der Waals surface area contributed by atoms with Crippen LogP contribution in [0.2, 0.25) is 5.02 Å². The van der Waals surface area contributed by atoms with Gasteiger partial charge >= 0.3 is 0 Å². The highest BCUT2D eigenvalue weighted by molar-refractivity contribution is 9.10. The van der Waals surface area contributed by atoms with Crippen molar-refractivity contribution in [1.29, 1.82) is 0 Å². The molecule has 1 aromatic carbocycles. The second kappa shape index (κ2) is 3.72. The van der Waals surface area contributed by atoms with Crippen LogP contribution >= 0.6 is 27.5 Å². The highest BCUT2D eigenvalue weighted by atomic mass is 79.9. The van der Waals surface area contributed by atoms with Crippen LogP contribution in [0.5, 0.6) is 0 Å². The second-order valence-electron chi connectivity index (χ2n) is 4.92. The molecule has 2 aliphatic carbocycles. The Labute approximate surface area is 109 Å². The third kappa shape index (κ3) is 1.40. The summed E-state index contributed by atoms with van der Waals surface area (Å²) in [7, 11) is 0. The Bertz CT molecular complexity index is 420. The first-order chi connectivity index (χ1) is 7.65. The van der Waals surface area contributed by atoms with Gasteiger partial charge in [-0.1, -0.05) is 36.6 Å². The molecule has 2 atom stereocenters. The number of benzene rings is 1. The molecule has 2 saturated carbocycles. The summed E-state index contributed by atoms with van der Waals surface area (Å²) in [6, 6.07) is 5.83. The zero-order valence-corrected chi connectivity index (χ0v) is 11.3. The van der Waals surface area contributed by atoms with Crippen LogP contribution in [0.1, 0.15) is 31.2 Å². The number of hydrogen-bond donors (Lipinski definition) is 1. The van der Waals surface area contributed by atoms with Crippen molar-refractivity contribution in [3.63, 3.8) is 0 Å². The second-order valence-corrected chi connectivity index (χ2v) is 6.16. The van der Waals surface area contributed by atoms with E-state index in [-0.39, 0.29) is 0 Å². The maximum absolute atomic E-state index is 10.8. The highest BCUT2D eigenvalue weighted by Gasteiger charge is 2.65. The Morgan fingerprint density at radius 1 is 1.25 bits per heavy atom. The summed E-state index contributed by atoms with van der Waals surface area (Å²) in [5.74, 6) is 0.876. The van der Waals surface area contributed by atoms with Gasteiger partial charge < -0.3 is 5.11 Å². The molecule has 0 amide bonds. The predicted molar refractivity (Wildman–Crippen MR) is 68.5 cm³/mol. The maximum atomic E-state index is 10.8. The minimum absolute atomic E-state index is 0.438. The van der Waals surface area contributed by atoms with Crippen LogP contribution in [-0.2, 0) is 5.60 Å². The Hall–Kier alpha value is -0.0500. The first-order valence-corrected chi connectivity index (χ1v) is 6.99. The number of fused-ring (bicyclic) bond motifs is 1. The first kappa shape index (κ1) is 11.1. The van der Waals surface area contributed by atoms with Gasteiger partial charge in [0.05, 0.1) is 10.6 Å². The fourth-order valence-electron chi connectivity index (χ4n) is 3.31. The highest BCUT2D eigenvalue weighted by Crippen LogP contribution is 2.65. The lowest BCUT2D eigenvalue weighted by atomic mass is 10.0. The molecule has 1 aromatic rings. The van der Waals surface area contributed by atoms with Crippen LogP contribution in [0.4, 0.5) is 0 Å². The van der Waals surface area contributed by atoms with Crippen molar-refractivity contribution in [2.45, 2.75) is 31.3 Å². The fourth-order valence-corrected chi connectivity index (χ4v) is 3.95. The van der Waals surface area contributed by atoms with Gasteiger partial charge in [0.2, 0.25) is 0 Å². The van der Waals surface area contributed by atoms with Crippen molar-refractivity contribution in [3.8, 4) is 0 Å². The average Bonchev–Trinajstić information content (AvgIpc) is 2.91. The number of hydrogen-bond acceptors (Lipinski definition) is 1. The Balaban J connectivity index is 2.01. The quantitative estimate of drug-likeness (QED) is 0.827. The zero-order valence-electron chi connectivity index (χ0n) is 8.92. The van der Waals surface area contributed by atoms with E-state index in [0.29, 0.717) is 16.9 Å². The fraction of sp³-hybridized carbons (Fsp3) is 0.538. The molecule has 0 spiro atoms. The molecule has 0 aromatic heterocycles. The Morgan fingerprint density at radius 2 is 1.88 bits per heavy atom. The lowest BCUT2D eigenvalue weighted by molar-refractivity contribution is 0.118. The third-order valence-corrected chi connectivity index (χ3v) is 5.47. The number of aliphatic hydroxyl groups is 1. The molecule has 3 heteroatoms. The van der Waals surface area contributed by atoms with E-state index in [1.807, 2.05) is 18.2 Å². The molecular weight excluding hydrogens is 287 g/mol. The summed E-state index contributed by atoms with van der Waals surface area (Å²) in [5.41, 5.74) is 0.276. The van der Waals surface area contributed by atoms with Crippen molar-refractivity contribution in [1.82, 2.24) is 0 Å². The van der Waals surface area contributed by atoms with Crippen LogP contribution in [0.3, 0.4) is 0 Å². The van der Waals surface area contributed by atoms with E-state index in [9.17, 15) is 5.11 Å². The average molecular weight is 302 g/mol. The molecular formula is C13H14BrClO. The van der Waals surface area contributed by atoms with Crippen molar-refractivity contribution >= 4 is 27.5 Å². The Morgan fingerprint density at radius 3 is 2.50 bits per heavy atom. The van der Waals surface area contributed by atoms with Gasteiger partial charge in [0.15, 0.2) is 0 Å². The third-order valence-electron chi connectivity index (χ3n) is 4.17. The van der Waals surface area contributed by atoms with Gasteiger partial charge in [0.25, 0.3) is 0 Å². The summed E-state index contributed by atoms with van der Waals surface area (Å²) in [4.78, 5) is 0. The lowest BCUT2D eigenvalue weighted by Crippen LogP contribution is -2.11. The van der Waals surface area contributed by atoms with Crippen LogP contribution in [-0.4, -0.2) is 5.11 Å². The van der Waals surface area contributed by atoms with Gasteiger partial charge in [-0.25, -0.2) is 0 Å². The van der Waals surface area contributed by atoms with Crippen molar-refractivity contribution in [3.05, 3.63) is 33.3 Å². The monoisotopic (exact) mass is 300 g/mol. The van der Waals surface area contributed by atoms with Gasteiger partial charge in [-0.15, -0.1) is 0 Å². The molecule has 2 aliphatic rings. The molecule has 0 saturated heterocycles. The normalized spacial score (nSPS) is 36.9. The topological polar surface area (TPSA) is 20.2 Å². The van der Waals surface area contributed by atoms with E-state index < -0.39 is 5.60 Å². The summed E-state index contributed by atoms with van der Waals surface area (Å²) in [6.45, 7) is 0. The van der Waals surface area contributed by atoms with Crippen LogP contribution < -0.4 is 0 Å². The van der Waals surface area contributed by atoms with Crippen molar-refractivity contribution < 1.29 is 5.11 Å². The van der Waals surface area contributed by atoms with Crippen LogP contribution in [0.25, 0.3) is 0 Å². The summed E-state index contributed by atoms with van der Waals surface area (Å²) in [5, 5.41) is 11.4. The molecule has 1 N–H and O–H groups in total. The van der Waals surface area contributed by atoms with Gasteiger partial charge in [-0.05, 0) is 46.7 Å². The number of rotatable bonds is 1. The smallest absolute Gasteiger partial charge is 0.0974 e. The largest absolute Gasteiger partial charge is 0.385 e. The molecule has 1 nitrogen and oxygen atoms in total. The molecule has 0 radical (unpaired) electrons. The maximum Gasteiger partial charge on any atom is 0.0974 e. The van der Waals surface area contributed by atoms with E-state index in [2.05, 4.69) is 15.9 Å². The minimum atomic E-state index is -0.642. The summed E-state index contributed by atoms with van der Waals surface area (Å²) < 4.78 is 0.878. The molecule has 0 heterocycles. The Kier molecular flexibility index (Phi) is 2.58. The van der Waals surface area contributed by atoms with Gasteiger partial charge in [-0.2, -0.15) is 0 Å². The van der Waals surface area contributed by atoms with E-state index in [4.69, 9.17) is 11.6 Å². The predicted octanol–water partition coefficient (Wildman–Crippen LogP) is 4.11. The molecule has 0 bridgehead atoms. The molecule has 2 unspecified atom stereocenters. The molecule has 0 aliphatic heterocycles. The van der Waals surface area contributed by atoms with Gasteiger partial charge in [0.1, 0.15) is 0 Å². The zero-order chi connectivity index (χ0) is 11.3. The van der Waals surface area contributed by atoms with Gasteiger partial charge in [0, 0.05) is 10.0 Å². The molecule has 3 rings (SSSR count). The number of halogens is 2. The standard InChI is InChI=1S/C13H14BrClO/c14-11-7-3-6-10(12(11)15)13(16)8-4-1-2-5-9(8)13/h3,6-9,16H,1-2,4-5H2. The van der Waals surface area contributed by atoms with E-state index in [1.54, 1.807) is 0 Å². The van der Waals surface area contributed by atoms with Crippen LogP contribution in [0, 0.1) is 11.8 Å². The molecule has 86 valence electrons. The SMILES string of the molecule is OC1(c2cccc(Br)c2Cl)C2CCCCC21. The van der Waals surface area contributed by atoms with Crippen molar-refractivity contribution in [2.75, 3.05) is 0 Å². The van der Waals surface area contributed by atoms with E-state index in [0.717, 1.165) is 22.9 Å². The molecule has 2 fully saturated rings. The summed E-state index contributed by atoms with van der Waals surface area (Å²) in [6.07, 6.45) is 4.78.